The Hall–Kier alpha value is -1.57. The number of anilines is 1. The fourth-order valence-corrected chi connectivity index (χ4v) is 1.75. The summed E-state index contributed by atoms with van der Waals surface area (Å²) in [6.07, 6.45) is 5.15. The van der Waals surface area contributed by atoms with Crippen molar-refractivity contribution in [3.63, 3.8) is 0 Å². The molecule has 2 rings (SSSR count). The number of hydrogen-bond donors (Lipinski definition) is 0. The van der Waals surface area contributed by atoms with Crippen LogP contribution in [-0.2, 0) is 0 Å². The molecule has 0 unspecified atom stereocenters. The maximum absolute atomic E-state index is 10.7. The molecule has 14 heavy (non-hydrogen) atoms. The standard InChI is InChI=1S/C12H13NO/c1-2-13-7-3-4-11-6-5-10(9-14)8-12(11)13/h3-6,8-9H,2,7H2,1H3. The van der Waals surface area contributed by atoms with E-state index in [1.807, 2.05) is 18.2 Å². The number of nitrogens with zero attached hydrogens (tertiary/aromatic N) is 1. The van der Waals surface area contributed by atoms with E-state index in [2.05, 4.69) is 24.0 Å². The van der Waals surface area contributed by atoms with E-state index in [1.54, 1.807) is 0 Å². The van der Waals surface area contributed by atoms with Crippen molar-refractivity contribution in [2.45, 2.75) is 6.92 Å². The molecule has 0 fully saturated rings. The van der Waals surface area contributed by atoms with Crippen molar-refractivity contribution in [3.05, 3.63) is 35.4 Å². The summed E-state index contributed by atoms with van der Waals surface area (Å²) < 4.78 is 0. The highest BCUT2D eigenvalue weighted by molar-refractivity contribution is 5.81. The maximum atomic E-state index is 10.7. The molecule has 0 saturated carbocycles. The summed E-state index contributed by atoms with van der Waals surface area (Å²) in [6.45, 7) is 4.03. The van der Waals surface area contributed by atoms with E-state index in [0.29, 0.717) is 0 Å². The van der Waals surface area contributed by atoms with Crippen LogP contribution in [0.5, 0.6) is 0 Å². The predicted molar refractivity (Wildman–Crippen MR) is 58.8 cm³/mol. The summed E-state index contributed by atoms with van der Waals surface area (Å²) >= 11 is 0. The molecule has 1 aliphatic rings. The monoisotopic (exact) mass is 187 g/mol. The highest BCUT2D eigenvalue weighted by Gasteiger charge is 2.11. The molecule has 0 spiro atoms. The van der Waals surface area contributed by atoms with Gasteiger partial charge in [-0.25, -0.2) is 0 Å². The highest BCUT2D eigenvalue weighted by Crippen LogP contribution is 2.26. The molecule has 0 radical (unpaired) electrons. The Morgan fingerprint density at radius 1 is 1.50 bits per heavy atom. The molecular weight excluding hydrogens is 174 g/mol. The third-order valence-electron chi connectivity index (χ3n) is 2.54. The minimum Gasteiger partial charge on any atom is -0.368 e. The molecule has 0 atom stereocenters. The lowest BCUT2D eigenvalue weighted by Gasteiger charge is -2.26. The second-order valence-corrected chi connectivity index (χ2v) is 3.38. The first-order valence-corrected chi connectivity index (χ1v) is 4.86. The minimum absolute atomic E-state index is 0.748. The smallest absolute Gasteiger partial charge is 0.150 e. The molecule has 0 aromatic heterocycles. The van der Waals surface area contributed by atoms with Crippen molar-refractivity contribution in [2.24, 2.45) is 0 Å². The Bertz CT molecular complexity index is 382. The van der Waals surface area contributed by atoms with Crippen LogP contribution in [0.3, 0.4) is 0 Å². The lowest BCUT2D eigenvalue weighted by molar-refractivity contribution is 0.112. The Balaban J connectivity index is 2.49. The summed E-state index contributed by atoms with van der Waals surface area (Å²) in [4.78, 5) is 12.9. The van der Waals surface area contributed by atoms with Crippen LogP contribution in [0.4, 0.5) is 5.69 Å². The lowest BCUT2D eigenvalue weighted by atomic mass is 10.1. The summed E-state index contributed by atoms with van der Waals surface area (Å²) in [6, 6.07) is 5.81. The summed E-state index contributed by atoms with van der Waals surface area (Å²) in [5.41, 5.74) is 3.11. The molecule has 0 N–H and O–H groups in total. The zero-order valence-corrected chi connectivity index (χ0v) is 8.23. The molecule has 1 heterocycles. The SMILES string of the molecule is CCN1CC=Cc2ccc(C=O)cc21. The maximum Gasteiger partial charge on any atom is 0.150 e. The Kier molecular flexibility index (Phi) is 2.35. The average Bonchev–Trinajstić information content (AvgIpc) is 2.27. The average molecular weight is 187 g/mol. The Labute approximate surface area is 83.8 Å². The summed E-state index contributed by atoms with van der Waals surface area (Å²) in [5.74, 6) is 0. The van der Waals surface area contributed by atoms with Gasteiger partial charge < -0.3 is 4.90 Å². The molecule has 0 bridgehead atoms. The van der Waals surface area contributed by atoms with Gasteiger partial charge in [0.1, 0.15) is 6.29 Å². The number of rotatable bonds is 2. The van der Waals surface area contributed by atoms with E-state index in [-0.39, 0.29) is 0 Å². The van der Waals surface area contributed by atoms with Crippen molar-refractivity contribution in [2.75, 3.05) is 18.0 Å². The van der Waals surface area contributed by atoms with Crippen molar-refractivity contribution < 1.29 is 4.79 Å². The van der Waals surface area contributed by atoms with Crippen LogP contribution >= 0.6 is 0 Å². The quantitative estimate of drug-likeness (QED) is 0.662. The van der Waals surface area contributed by atoms with Gasteiger partial charge in [-0.2, -0.15) is 0 Å². The highest BCUT2D eigenvalue weighted by atomic mass is 16.1. The van der Waals surface area contributed by atoms with Crippen LogP contribution in [0.1, 0.15) is 22.8 Å². The molecule has 72 valence electrons. The van der Waals surface area contributed by atoms with Crippen LogP contribution in [0.25, 0.3) is 6.08 Å². The van der Waals surface area contributed by atoms with Crippen LogP contribution < -0.4 is 4.90 Å². The minimum atomic E-state index is 0.748. The van der Waals surface area contributed by atoms with Gasteiger partial charge in [0.2, 0.25) is 0 Å². The van der Waals surface area contributed by atoms with E-state index in [4.69, 9.17) is 0 Å². The van der Waals surface area contributed by atoms with Crippen LogP contribution in [0.15, 0.2) is 24.3 Å². The molecule has 2 nitrogen and oxygen atoms in total. The van der Waals surface area contributed by atoms with Gasteiger partial charge in [-0.15, -0.1) is 0 Å². The summed E-state index contributed by atoms with van der Waals surface area (Å²) in [5, 5.41) is 0. The van der Waals surface area contributed by atoms with Crippen molar-refractivity contribution in [1.82, 2.24) is 0 Å². The number of likely N-dealkylation sites (N-methyl/N-ethyl adjacent to an activating group) is 1. The number of fused-ring (bicyclic) bond motifs is 1. The zero-order valence-electron chi connectivity index (χ0n) is 8.23. The fraction of sp³-hybridized carbons (Fsp3) is 0.250. The van der Waals surface area contributed by atoms with Crippen LogP contribution in [0.2, 0.25) is 0 Å². The van der Waals surface area contributed by atoms with Gasteiger partial charge in [-0.05, 0) is 18.6 Å². The van der Waals surface area contributed by atoms with E-state index >= 15 is 0 Å². The number of carbonyl (C=O) groups excluding carboxylic acids is 1. The Morgan fingerprint density at radius 3 is 3.07 bits per heavy atom. The number of carbonyl (C=O) groups is 1. The van der Waals surface area contributed by atoms with Crippen molar-refractivity contribution >= 4 is 18.0 Å². The molecule has 0 saturated heterocycles. The van der Waals surface area contributed by atoms with Gasteiger partial charge in [-0.1, -0.05) is 24.3 Å². The number of hydrogen-bond acceptors (Lipinski definition) is 2. The Morgan fingerprint density at radius 2 is 2.36 bits per heavy atom. The number of benzene rings is 1. The van der Waals surface area contributed by atoms with Crippen LogP contribution in [-0.4, -0.2) is 19.4 Å². The third kappa shape index (κ3) is 1.43. The lowest BCUT2D eigenvalue weighted by Crippen LogP contribution is -2.25. The second kappa shape index (κ2) is 3.66. The predicted octanol–water partition coefficient (Wildman–Crippen LogP) is 2.35. The first-order chi connectivity index (χ1) is 6.85. The molecule has 1 aromatic carbocycles. The van der Waals surface area contributed by atoms with Gasteiger partial charge in [0.05, 0.1) is 0 Å². The topological polar surface area (TPSA) is 20.3 Å². The first kappa shape index (κ1) is 9.00. The molecule has 2 heteroatoms. The van der Waals surface area contributed by atoms with Gasteiger partial charge in [0.15, 0.2) is 0 Å². The van der Waals surface area contributed by atoms with Gasteiger partial charge in [-0.3, -0.25) is 4.79 Å². The molecule has 1 aliphatic heterocycles. The van der Waals surface area contributed by atoms with Gasteiger partial charge in [0.25, 0.3) is 0 Å². The number of aldehydes is 1. The van der Waals surface area contributed by atoms with E-state index in [1.165, 1.54) is 11.3 Å². The van der Waals surface area contributed by atoms with Crippen LogP contribution in [0, 0.1) is 0 Å². The molecular formula is C12H13NO. The fourth-order valence-electron chi connectivity index (χ4n) is 1.75. The largest absolute Gasteiger partial charge is 0.368 e. The first-order valence-electron chi connectivity index (χ1n) is 4.86. The molecule has 0 amide bonds. The van der Waals surface area contributed by atoms with E-state index in [0.717, 1.165) is 24.9 Å². The van der Waals surface area contributed by atoms with Gasteiger partial charge in [0, 0.05) is 24.3 Å². The normalized spacial score (nSPS) is 13.9. The second-order valence-electron chi connectivity index (χ2n) is 3.38. The third-order valence-corrected chi connectivity index (χ3v) is 2.54. The molecule has 0 aliphatic carbocycles. The van der Waals surface area contributed by atoms with Crippen molar-refractivity contribution in [3.8, 4) is 0 Å². The summed E-state index contributed by atoms with van der Waals surface area (Å²) in [7, 11) is 0. The van der Waals surface area contributed by atoms with E-state index < -0.39 is 0 Å². The van der Waals surface area contributed by atoms with Gasteiger partial charge >= 0.3 is 0 Å². The zero-order chi connectivity index (χ0) is 9.97. The van der Waals surface area contributed by atoms with Crippen molar-refractivity contribution in [1.29, 1.82) is 0 Å². The van der Waals surface area contributed by atoms with E-state index in [9.17, 15) is 4.79 Å². The molecule has 1 aromatic rings.